The van der Waals surface area contributed by atoms with Crippen molar-refractivity contribution in [1.29, 1.82) is 0 Å². The zero-order chi connectivity index (χ0) is 15.7. The van der Waals surface area contributed by atoms with Crippen LogP contribution in [0.1, 0.15) is 16.2 Å². The molecule has 0 saturated heterocycles. The molecular weight excluding hydrogens is 303 g/mol. The average molecular weight is 315 g/mol. The molecule has 0 amide bonds. The van der Waals surface area contributed by atoms with Crippen molar-refractivity contribution in [2.24, 2.45) is 0 Å². The van der Waals surface area contributed by atoms with Crippen LogP contribution in [0.15, 0.2) is 48.5 Å². The maximum Gasteiger partial charge on any atom is 0.256 e. The number of rotatable bonds is 2. The highest BCUT2D eigenvalue weighted by Crippen LogP contribution is 2.21. The molecule has 0 bridgehead atoms. The molecule has 0 N–H and O–H groups in total. The molecule has 0 saturated carbocycles. The van der Waals surface area contributed by atoms with E-state index in [0.717, 1.165) is 5.52 Å². The van der Waals surface area contributed by atoms with Gasteiger partial charge in [-0.2, -0.15) is 0 Å². The lowest BCUT2D eigenvalue weighted by Crippen LogP contribution is -2.09. The third-order valence-electron chi connectivity index (χ3n) is 3.34. The van der Waals surface area contributed by atoms with Crippen LogP contribution in [0.4, 0.5) is 4.39 Å². The van der Waals surface area contributed by atoms with Crippen LogP contribution >= 0.6 is 11.6 Å². The molecule has 0 spiro atoms. The molecule has 5 heteroatoms. The highest BCUT2D eigenvalue weighted by molar-refractivity contribution is 6.32. The van der Waals surface area contributed by atoms with Gasteiger partial charge in [0.2, 0.25) is 0 Å². The number of allylic oxidation sites excluding steroid dienone is 1. The number of carbonyl (C=O) groups is 1. The van der Waals surface area contributed by atoms with Gasteiger partial charge in [0.1, 0.15) is 11.6 Å². The Hall–Kier alpha value is -2.46. The van der Waals surface area contributed by atoms with E-state index in [1.165, 1.54) is 28.9 Å². The Morgan fingerprint density at radius 2 is 2.00 bits per heavy atom. The molecule has 0 radical (unpaired) electrons. The minimum atomic E-state index is -0.469. The maximum absolute atomic E-state index is 13.7. The number of fused-ring (bicyclic) bond motifs is 1. The average Bonchev–Trinajstić information content (AvgIpc) is 2.82. The molecule has 3 rings (SSSR count). The number of hydrogen-bond acceptors (Lipinski definition) is 2. The summed E-state index contributed by atoms with van der Waals surface area (Å²) < 4.78 is 15.2. The van der Waals surface area contributed by atoms with Gasteiger partial charge in [0.25, 0.3) is 5.91 Å². The third-order valence-corrected chi connectivity index (χ3v) is 3.67. The van der Waals surface area contributed by atoms with E-state index in [-0.39, 0.29) is 16.5 Å². The Balaban J connectivity index is 2.00. The predicted octanol–water partition coefficient (Wildman–Crippen LogP) is 4.49. The van der Waals surface area contributed by atoms with E-state index in [9.17, 15) is 9.18 Å². The van der Waals surface area contributed by atoms with Crippen LogP contribution < -0.4 is 0 Å². The number of carbonyl (C=O) groups excluding carboxylic acids is 1. The number of halogens is 2. The predicted molar refractivity (Wildman–Crippen MR) is 85.5 cm³/mol. The third kappa shape index (κ3) is 2.53. The van der Waals surface area contributed by atoms with E-state index in [0.29, 0.717) is 11.3 Å². The smallest absolute Gasteiger partial charge is 0.256 e. The highest BCUT2D eigenvalue weighted by atomic mass is 35.5. The molecule has 3 nitrogen and oxygen atoms in total. The summed E-state index contributed by atoms with van der Waals surface area (Å²) in [4.78, 5) is 16.7. The second-order valence-corrected chi connectivity index (χ2v) is 5.20. The summed E-state index contributed by atoms with van der Waals surface area (Å²) in [6.45, 7) is 1.75. The Morgan fingerprint density at radius 1 is 1.23 bits per heavy atom. The zero-order valence-corrected chi connectivity index (χ0v) is 12.5. The second-order valence-electron chi connectivity index (χ2n) is 4.79. The van der Waals surface area contributed by atoms with Gasteiger partial charge < -0.3 is 0 Å². The van der Waals surface area contributed by atoms with E-state index in [2.05, 4.69) is 4.98 Å². The van der Waals surface area contributed by atoms with E-state index in [1.807, 2.05) is 24.3 Å². The maximum atomic E-state index is 13.7. The normalized spacial score (nSPS) is 11.4. The minimum absolute atomic E-state index is 0.194. The summed E-state index contributed by atoms with van der Waals surface area (Å²) in [5.74, 6) is -0.190. The van der Waals surface area contributed by atoms with Crippen LogP contribution in [-0.2, 0) is 0 Å². The van der Waals surface area contributed by atoms with Gasteiger partial charge in [-0.15, -0.1) is 0 Å². The molecule has 3 aromatic rings. The number of para-hydroxylation sites is 2. The summed E-state index contributed by atoms with van der Waals surface area (Å²) in [5.41, 5.74) is 1.65. The minimum Gasteiger partial charge on any atom is -0.269 e. The highest BCUT2D eigenvalue weighted by Gasteiger charge is 2.12. The van der Waals surface area contributed by atoms with Gasteiger partial charge >= 0.3 is 0 Å². The largest absolute Gasteiger partial charge is 0.269 e. The number of aromatic nitrogens is 2. The monoisotopic (exact) mass is 314 g/mol. The van der Waals surface area contributed by atoms with E-state index in [4.69, 9.17) is 11.6 Å². The van der Waals surface area contributed by atoms with Gasteiger partial charge in [0, 0.05) is 11.6 Å². The SMILES string of the molecule is Cc1nc2ccccc2n1C(=O)C=Cc1c(F)cccc1Cl. The number of benzene rings is 2. The molecule has 110 valence electrons. The first-order chi connectivity index (χ1) is 10.6. The van der Waals surface area contributed by atoms with Crippen LogP contribution in [0.3, 0.4) is 0 Å². The lowest BCUT2D eigenvalue weighted by atomic mass is 10.2. The Morgan fingerprint density at radius 3 is 2.77 bits per heavy atom. The van der Waals surface area contributed by atoms with Gasteiger partial charge in [0.05, 0.1) is 16.1 Å². The summed E-state index contributed by atoms with van der Waals surface area (Å²) in [5, 5.41) is 0.260. The second kappa shape index (κ2) is 5.73. The van der Waals surface area contributed by atoms with Crippen molar-refractivity contribution in [2.75, 3.05) is 0 Å². The van der Waals surface area contributed by atoms with Crippen molar-refractivity contribution in [3.05, 3.63) is 70.8 Å². The number of hydrogen-bond donors (Lipinski definition) is 0. The van der Waals surface area contributed by atoms with E-state index < -0.39 is 5.82 Å². The Labute approximate surface area is 131 Å². The number of nitrogens with zero attached hydrogens (tertiary/aromatic N) is 2. The van der Waals surface area contributed by atoms with Crippen molar-refractivity contribution in [1.82, 2.24) is 9.55 Å². The Bertz CT molecular complexity index is 879. The first kappa shape index (κ1) is 14.5. The van der Waals surface area contributed by atoms with Gasteiger partial charge in [-0.05, 0) is 37.3 Å². The number of imidazole rings is 1. The molecule has 0 aliphatic carbocycles. The lowest BCUT2D eigenvalue weighted by molar-refractivity contribution is 0.0972. The fourth-order valence-corrected chi connectivity index (χ4v) is 2.55. The van der Waals surface area contributed by atoms with Gasteiger partial charge in [-0.1, -0.05) is 29.8 Å². The summed E-state index contributed by atoms with van der Waals surface area (Å²) in [7, 11) is 0. The topological polar surface area (TPSA) is 34.9 Å². The fraction of sp³-hybridized carbons (Fsp3) is 0.0588. The fourth-order valence-electron chi connectivity index (χ4n) is 2.32. The molecule has 0 aliphatic heterocycles. The quantitative estimate of drug-likeness (QED) is 0.653. The van der Waals surface area contributed by atoms with Crippen molar-refractivity contribution >= 4 is 34.6 Å². The van der Waals surface area contributed by atoms with Gasteiger partial charge in [0.15, 0.2) is 0 Å². The molecule has 22 heavy (non-hydrogen) atoms. The van der Waals surface area contributed by atoms with Crippen LogP contribution in [0.2, 0.25) is 5.02 Å². The molecule has 2 aromatic carbocycles. The van der Waals surface area contributed by atoms with Crippen molar-refractivity contribution in [2.45, 2.75) is 6.92 Å². The van der Waals surface area contributed by atoms with Crippen molar-refractivity contribution < 1.29 is 9.18 Å². The molecule has 0 aliphatic rings. The molecule has 0 atom stereocenters. The molecular formula is C17H12ClFN2O. The lowest BCUT2D eigenvalue weighted by Gasteiger charge is -2.02. The zero-order valence-electron chi connectivity index (χ0n) is 11.8. The van der Waals surface area contributed by atoms with Crippen LogP contribution in [0.25, 0.3) is 17.1 Å². The Kier molecular flexibility index (Phi) is 3.77. The van der Waals surface area contributed by atoms with Crippen LogP contribution in [-0.4, -0.2) is 15.5 Å². The van der Waals surface area contributed by atoms with Crippen molar-refractivity contribution in [3.8, 4) is 0 Å². The summed E-state index contributed by atoms with van der Waals surface area (Å²) in [6, 6.07) is 11.7. The van der Waals surface area contributed by atoms with E-state index >= 15 is 0 Å². The van der Waals surface area contributed by atoms with E-state index in [1.54, 1.807) is 13.0 Å². The molecule has 0 unspecified atom stereocenters. The molecule has 0 fully saturated rings. The van der Waals surface area contributed by atoms with Gasteiger partial charge in [-0.3, -0.25) is 9.36 Å². The van der Waals surface area contributed by atoms with Crippen molar-refractivity contribution in [3.63, 3.8) is 0 Å². The van der Waals surface area contributed by atoms with Gasteiger partial charge in [-0.25, -0.2) is 9.37 Å². The first-order valence-electron chi connectivity index (χ1n) is 6.68. The van der Waals surface area contributed by atoms with Crippen LogP contribution in [0.5, 0.6) is 0 Å². The molecule has 1 aromatic heterocycles. The number of aryl methyl sites for hydroxylation is 1. The summed E-state index contributed by atoms with van der Waals surface area (Å²) in [6.07, 6.45) is 2.68. The standard InChI is InChI=1S/C17H12ClFN2O/c1-11-20-15-7-2-3-8-16(15)21(11)17(22)10-9-12-13(18)5-4-6-14(12)19/h2-10H,1H3. The molecule has 1 heterocycles. The first-order valence-corrected chi connectivity index (χ1v) is 7.06. The summed E-state index contributed by atoms with van der Waals surface area (Å²) >= 11 is 5.94. The van der Waals surface area contributed by atoms with Crippen LogP contribution in [0, 0.1) is 12.7 Å².